The maximum Gasteiger partial charge on any atom is 0.419 e. The summed E-state index contributed by atoms with van der Waals surface area (Å²) in [5.74, 6) is 3.97. The summed E-state index contributed by atoms with van der Waals surface area (Å²) in [4.78, 5) is 16.0. The van der Waals surface area contributed by atoms with Gasteiger partial charge in [0.05, 0.1) is 35.4 Å². The van der Waals surface area contributed by atoms with Gasteiger partial charge in [-0.15, -0.1) is 0 Å². The first-order valence-electron chi connectivity index (χ1n) is 13.2. The number of hydrazine groups is 1. The molecule has 0 saturated carbocycles. The van der Waals surface area contributed by atoms with Crippen LogP contribution in [0.4, 0.5) is 43.4 Å². The molecule has 0 atom stereocenters. The lowest BCUT2D eigenvalue weighted by molar-refractivity contribution is -0.139. The Labute approximate surface area is 244 Å². The Balaban J connectivity index is 1.59. The predicted octanol–water partition coefficient (Wildman–Crippen LogP) is 4.47. The lowest BCUT2D eigenvalue weighted by atomic mass is 10.1. The van der Waals surface area contributed by atoms with Gasteiger partial charge in [0.2, 0.25) is 0 Å². The number of amides is 1. The first-order valence-corrected chi connectivity index (χ1v) is 13.2. The van der Waals surface area contributed by atoms with E-state index in [0.29, 0.717) is 28.6 Å². The van der Waals surface area contributed by atoms with Gasteiger partial charge < -0.3 is 16.0 Å². The summed E-state index contributed by atoms with van der Waals surface area (Å²) in [7, 11) is 1.76. The van der Waals surface area contributed by atoms with Crippen LogP contribution in [0.1, 0.15) is 32.7 Å². The number of aryl methyl sites for hydroxylation is 2. The summed E-state index contributed by atoms with van der Waals surface area (Å²) in [6.45, 7) is 3.39. The van der Waals surface area contributed by atoms with E-state index in [0.717, 1.165) is 11.8 Å². The number of hydrogen-bond acceptors (Lipinski definition) is 7. The van der Waals surface area contributed by atoms with Crippen molar-refractivity contribution in [3.8, 4) is 0 Å². The van der Waals surface area contributed by atoms with Gasteiger partial charge in [-0.1, -0.05) is 6.07 Å². The van der Waals surface area contributed by atoms with Crippen LogP contribution in [0.15, 0.2) is 42.7 Å². The number of nitrogens with zero attached hydrogens (tertiary/aromatic N) is 5. The molecule has 2 aromatic carbocycles. The molecule has 1 aliphatic heterocycles. The summed E-state index contributed by atoms with van der Waals surface area (Å²) >= 11 is 0. The number of carbonyl (C=O) groups excluding carboxylic acids is 1. The van der Waals surface area contributed by atoms with Crippen LogP contribution in [0.2, 0.25) is 0 Å². The number of piperazine rings is 1. The minimum atomic E-state index is -5.05. The van der Waals surface area contributed by atoms with Gasteiger partial charge in [0.1, 0.15) is 0 Å². The van der Waals surface area contributed by atoms with E-state index in [-0.39, 0.29) is 43.1 Å². The van der Waals surface area contributed by atoms with Gasteiger partial charge in [0, 0.05) is 61.9 Å². The largest absolute Gasteiger partial charge is 0.419 e. The van der Waals surface area contributed by atoms with Crippen molar-refractivity contribution >= 4 is 28.7 Å². The van der Waals surface area contributed by atoms with E-state index < -0.39 is 36.4 Å². The smallest absolute Gasteiger partial charge is 0.397 e. The second-order valence-electron chi connectivity index (χ2n) is 10.2. The van der Waals surface area contributed by atoms with Gasteiger partial charge in [-0.05, 0) is 43.7 Å². The van der Waals surface area contributed by atoms with Crippen LogP contribution < -0.4 is 26.8 Å². The van der Waals surface area contributed by atoms with E-state index in [4.69, 9.17) is 11.6 Å². The van der Waals surface area contributed by atoms with Gasteiger partial charge in [0.25, 0.3) is 12.3 Å². The van der Waals surface area contributed by atoms with Crippen LogP contribution in [-0.2, 0) is 13.2 Å². The third-order valence-electron chi connectivity index (χ3n) is 7.30. The third kappa shape index (κ3) is 7.22. The van der Waals surface area contributed by atoms with Gasteiger partial charge in [-0.2, -0.15) is 18.3 Å². The summed E-state index contributed by atoms with van der Waals surface area (Å²) in [5, 5.41) is 7.79. The Hall–Kier alpha value is -4.24. The molecule has 0 radical (unpaired) electrons. The number of halogens is 6. The zero-order chi connectivity index (χ0) is 31.6. The fourth-order valence-electron chi connectivity index (χ4n) is 4.79. The number of anilines is 3. The summed E-state index contributed by atoms with van der Waals surface area (Å²) in [5.41, 5.74) is 6.91. The SMILES string of the molecule is Cc1ccc(C(=O)Nc2cc(N3CCN(CC(F)F)CC3)c(F)c(C(F)(F)F)c2)cc1N(N)/C=C(\N)c1cnn(C)c1C. The van der Waals surface area contributed by atoms with E-state index in [2.05, 4.69) is 10.4 Å². The van der Waals surface area contributed by atoms with E-state index in [1.165, 1.54) is 33.1 Å². The molecule has 5 N–H and O–H groups in total. The molecule has 0 unspecified atom stereocenters. The summed E-state index contributed by atoms with van der Waals surface area (Å²) in [6, 6.07) is 6.15. The summed E-state index contributed by atoms with van der Waals surface area (Å²) in [6.07, 6.45) is -4.57. The molecule has 1 aromatic heterocycles. The highest BCUT2D eigenvalue weighted by Gasteiger charge is 2.37. The average Bonchev–Trinajstić information content (AvgIpc) is 3.27. The van der Waals surface area contributed by atoms with Crippen LogP contribution in [-0.4, -0.2) is 59.7 Å². The predicted molar refractivity (Wildman–Crippen MR) is 152 cm³/mol. The molecule has 1 saturated heterocycles. The van der Waals surface area contributed by atoms with Crippen LogP contribution >= 0.6 is 0 Å². The first-order chi connectivity index (χ1) is 20.1. The second-order valence-corrected chi connectivity index (χ2v) is 10.2. The molecule has 43 heavy (non-hydrogen) atoms. The minimum absolute atomic E-state index is 0.0290. The molecule has 2 heterocycles. The van der Waals surface area contributed by atoms with Crippen molar-refractivity contribution in [1.82, 2.24) is 14.7 Å². The van der Waals surface area contributed by atoms with Gasteiger partial charge in [-0.25, -0.2) is 19.0 Å². The maximum atomic E-state index is 15.1. The zero-order valence-corrected chi connectivity index (χ0v) is 23.7. The minimum Gasteiger partial charge on any atom is -0.397 e. The molecule has 0 aliphatic carbocycles. The Kier molecular flexibility index (Phi) is 9.25. The maximum absolute atomic E-state index is 15.1. The average molecular weight is 611 g/mol. The molecule has 1 aliphatic rings. The summed E-state index contributed by atoms with van der Waals surface area (Å²) < 4.78 is 83.5. The fraction of sp³-hybridized carbons (Fsp3) is 0.357. The highest BCUT2D eigenvalue weighted by atomic mass is 19.4. The molecule has 15 heteroatoms. The molecule has 1 fully saturated rings. The number of nitrogens with two attached hydrogens (primary N) is 2. The van der Waals surface area contributed by atoms with E-state index in [9.17, 15) is 26.7 Å². The number of alkyl halides is 5. The van der Waals surface area contributed by atoms with Crippen molar-refractivity contribution in [2.24, 2.45) is 18.6 Å². The van der Waals surface area contributed by atoms with Crippen molar-refractivity contribution in [1.29, 1.82) is 0 Å². The Bertz CT molecular complexity index is 1510. The Morgan fingerprint density at radius 1 is 1.14 bits per heavy atom. The molecule has 1 amide bonds. The first kappa shape index (κ1) is 31.7. The number of nitrogens with one attached hydrogen (secondary N) is 1. The van der Waals surface area contributed by atoms with E-state index in [1.807, 2.05) is 6.92 Å². The van der Waals surface area contributed by atoms with Crippen LogP contribution in [0.3, 0.4) is 0 Å². The van der Waals surface area contributed by atoms with Crippen LogP contribution in [0.5, 0.6) is 0 Å². The quantitative estimate of drug-likeness (QED) is 0.196. The van der Waals surface area contributed by atoms with Gasteiger partial charge in [-0.3, -0.25) is 19.4 Å². The van der Waals surface area contributed by atoms with Crippen molar-refractivity contribution in [3.63, 3.8) is 0 Å². The Morgan fingerprint density at radius 2 is 1.81 bits per heavy atom. The normalized spacial score (nSPS) is 14.9. The Morgan fingerprint density at radius 3 is 2.40 bits per heavy atom. The molecular formula is C28H32F6N8O. The van der Waals surface area contributed by atoms with Crippen molar-refractivity contribution in [2.45, 2.75) is 26.4 Å². The highest BCUT2D eigenvalue weighted by Crippen LogP contribution is 2.38. The molecular weight excluding hydrogens is 578 g/mol. The molecule has 3 aromatic rings. The lowest BCUT2D eigenvalue weighted by Crippen LogP contribution is -2.48. The fourth-order valence-corrected chi connectivity index (χ4v) is 4.79. The molecule has 9 nitrogen and oxygen atoms in total. The molecule has 0 spiro atoms. The number of benzene rings is 2. The number of rotatable bonds is 8. The van der Waals surface area contributed by atoms with Gasteiger partial charge >= 0.3 is 6.18 Å². The zero-order valence-electron chi connectivity index (χ0n) is 23.7. The number of carbonyl (C=O) groups is 1. The lowest BCUT2D eigenvalue weighted by Gasteiger charge is -2.36. The van der Waals surface area contributed by atoms with E-state index >= 15 is 4.39 Å². The second kappa shape index (κ2) is 12.6. The van der Waals surface area contributed by atoms with E-state index in [1.54, 1.807) is 30.9 Å². The van der Waals surface area contributed by atoms with Crippen molar-refractivity contribution in [3.05, 3.63) is 76.5 Å². The van der Waals surface area contributed by atoms with Crippen LogP contribution in [0.25, 0.3) is 5.70 Å². The number of hydrogen-bond donors (Lipinski definition) is 3. The molecule has 232 valence electrons. The number of aromatic nitrogens is 2. The van der Waals surface area contributed by atoms with Crippen molar-refractivity contribution in [2.75, 3.05) is 47.9 Å². The third-order valence-corrected chi connectivity index (χ3v) is 7.30. The van der Waals surface area contributed by atoms with Gasteiger partial charge in [0.15, 0.2) is 5.82 Å². The molecule has 0 bridgehead atoms. The highest BCUT2D eigenvalue weighted by molar-refractivity contribution is 6.05. The van der Waals surface area contributed by atoms with Crippen LogP contribution in [0, 0.1) is 19.7 Å². The topological polar surface area (TPSA) is 109 Å². The van der Waals surface area contributed by atoms with Crippen molar-refractivity contribution < 1.29 is 31.1 Å². The monoisotopic (exact) mass is 610 g/mol. The standard InChI is InChI=1S/C28H32F6N8O/c1-16-4-5-18(10-23(16)42(36)14-22(35)20-13-37-39(3)17(20)2)27(43)38-19-11-21(28(32,33)34)26(31)24(12-19)41-8-6-40(7-9-41)15-25(29)30/h4-5,10-14,25H,6-9,15,35-36H2,1-3H3,(H,38,43)/b22-14-. The molecule has 4 rings (SSSR count).